The van der Waals surface area contributed by atoms with Gasteiger partial charge < -0.3 is 14.9 Å². The Kier molecular flexibility index (Phi) is 1.97. The first-order valence-corrected chi connectivity index (χ1v) is 3.32. The summed E-state index contributed by atoms with van der Waals surface area (Å²) in [6, 6.07) is 0. The van der Waals surface area contributed by atoms with Crippen LogP contribution in [0.5, 0.6) is 0 Å². The van der Waals surface area contributed by atoms with E-state index in [1.807, 2.05) is 0 Å². The molecule has 2 N–H and O–H groups in total. The summed E-state index contributed by atoms with van der Waals surface area (Å²) in [5.41, 5.74) is 0. The van der Waals surface area contributed by atoms with E-state index in [0.717, 1.165) is 0 Å². The lowest BCUT2D eigenvalue weighted by molar-refractivity contribution is -0.0980. The van der Waals surface area contributed by atoms with E-state index in [1.54, 1.807) is 6.92 Å². The second-order valence-electron chi connectivity index (χ2n) is 2.62. The number of rotatable bonds is 0. The van der Waals surface area contributed by atoms with Gasteiger partial charge in [0.15, 0.2) is 0 Å². The highest BCUT2D eigenvalue weighted by molar-refractivity contribution is 4.95. The highest BCUT2D eigenvalue weighted by atomic mass is 16.5. The zero-order chi connectivity index (χ0) is 7.72. The largest absolute Gasteiger partial charge is 0.493 e. The van der Waals surface area contributed by atoms with E-state index in [0.29, 0.717) is 12.2 Å². The van der Waals surface area contributed by atoms with E-state index in [-0.39, 0.29) is 6.10 Å². The normalized spacial score (nSPS) is 41.1. The first-order valence-electron chi connectivity index (χ1n) is 3.32. The van der Waals surface area contributed by atoms with Crippen molar-refractivity contribution in [1.82, 2.24) is 0 Å². The predicted molar refractivity (Wildman–Crippen MR) is 36.3 cm³/mol. The molecule has 1 heterocycles. The predicted octanol–water partition coefficient (Wildman–Crippen LogP) is 0.0307. The van der Waals surface area contributed by atoms with Crippen LogP contribution in [0.2, 0.25) is 0 Å². The average Bonchev–Trinajstić information content (AvgIpc) is 1.82. The van der Waals surface area contributed by atoms with Crippen molar-refractivity contribution in [2.24, 2.45) is 0 Å². The maximum Gasteiger partial charge on any atom is 0.124 e. The molecule has 0 bridgehead atoms. The smallest absolute Gasteiger partial charge is 0.124 e. The Balaban J connectivity index is 2.57. The molecule has 0 aromatic heterocycles. The summed E-state index contributed by atoms with van der Waals surface area (Å²) in [5.74, 6) is 0.547. The molecule has 0 aromatic carbocycles. The molecule has 1 fully saturated rings. The van der Waals surface area contributed by atoms with Gasteiger partial charge >= 0.3 is 0 Å². The summed E-state index contributed by atoms with van der Waals surface area (Å²) in [6.07, 6.45) is -1.48. The van der Waals surface area contributed by atoms with Gasteiger partial charge in [-0.2, -0.15) is 0 Å². The Labute approximate surface area is 59.9 Å². The van der Waals surface area contributed by atoms with Crippen LogP contribution in [-0.2, 0) is 4.74 Å². The molecule has 1 aliphatic heterocycles. The van der Waals surface area contributed by atoms with Crippen molar-refractivity contribution in [2.45, 2.75) is 31.7 Å². The van der Waals surface area contributed by atoms with Crippen molar-refractivity contribution >= 4 is 0 Å². The van der Waals surface area contributed by atoms with Crippen LogP contribution in [0.1, 0.15) is 13.3 Å². The third-order valence-electron chi connectivity index (χ3n) is 1.66. The monoisotopic (exact) mass is 144 g/mol. The molecule has 1 aliphatic rings. The molecule has 1 saturated heterocycles. The standard InChI is InChI=1S/C7H12O3/c1-4-3-6(8)7(9)5(2)10-4/h5-9H,1,3H2,2H3/t5-,6?,7-/m0/s1. The summed E-state index contributed by atoms with van der Waals surface area (Å²) in [7, 11) is 0. The van der Waals surface area contributed by atoms with Gasteiger partial charge in [0, 0.05) is 6.42 Å². The van der Waals surface area contributed by atoms with Crippen LogP contribution >= 0.6 is 0 Å². The van der Waals surface area contributed by atoms with Crippen molar-refractivity contribution in [3.63, 3.8) is 0 Å². The van der Waals surface area contributed by atoms with Gasteiger partial charge in [-0.1, -0.05) is 6.58 Å². The minimum atomic E-state index is -0.773. The molecule has 0 spiro atoms. The van der Waals surface area contributed by atoms with Crippen LogP contribution in [0.4, 0.5) is 0 Å². The van der Waals surface area contributed by atoms with Crippen LogP contribution in [-0.4, -0.2) is 28.5 Å². The van der Waals surface area contributed by atoms with E-state index >= 15 is 0 Å². The third kappa shape index (κ3) is 1.30. The molecule has 0 radical (unpaired) electrons. The number of hydrogen-bond donors (Lipinski definition) is 2. The van der Waals surface area contributed by atoms with Crippen LogP contribution in [0, 0.1) is 0 Å². The Morgan fingerprint density at radius 1 is 1.60 bits per heavy atom. The maximum absolute atomic E-state index is 9.15. The first-order chi connectivity index (χ1) is 4.61. The topological polar surface area (TPSA) is 49.7 Å². The number of ether oxygens (including phenoxy) is 1. The fraction of sp³-hybridized carbons (Fsp3) is 0.714. The van der Waals surface area contributed by atoms with Crippen molar-refractivity contribution in [3.05, 3.63) is 12.3 Å². The van der Waals surface area contributed by atoms with E-state index in [1.165, 1.54) is 0 Å². The molecular formula is C7H12O3. The van der Waals surface area contributed by atoms with Gasteiger partial charge in [0.05, 0.1) is 11.9 Å². The second kappa shape index (κ2) is 2.60. The lowest BCUT2D eigenvalue weighted by atomic mass is 10.0. The van der Waals surface area contributed by atoms with E-state index in [4.69, 9.17) is 14.9 Å². The van der Waals surface area contributed by atoms with Gasteiger partial charge in [0.1, 0.15) is 12.2 Å². The molecule has 58 valence electrons. The summed E-state index contributed by atoms with van der Waals surface area (Å²) in [5, 5.41) is 18.3. The Morgan fingerprint density at radius 2 is 2.20 bits per heavy atom. The minimum absolute atomic E-state index is 0.337. The zero-order valence-electron chi connectivity index (χ0n) is 5.95. The molecule has 0 aromatic rings. The maximum atomic E-state index is 9.15. The van der Waals surface area contributed by atoms with Gasteiger partial charge in [0.2, 0.25) is 0 Å². The highest BCUT2D eigenvalue weighted by Gasteiger charge is 2.30. The zero-order valence-corrected chi connectivity index (χ0v) is 5.95. The molecule has 0 saturated carbocycles. The van der Waals surface area contributed by atoms with Crippen molar-refractivity contribution < 1.29 is 14.9 Å². The van der Waals surface area contributed by atoms with E-state index in [2.05, 4.69) is 6.58 Å². The summed E-state index contributed by atoms with van der Waals surface area (Å²) in [6.45, 7) is 5.26. The van der Waals surface area contributed by atoms with E-state index in [9.17, 15) is 0 Å². The van der Waals surface area contributed by atoms with Crippen LogP contribution < -0.4 is 0 Å². The lowest BCUT2D eigenvalue weighted by Crippen LogP contribution is -2.41. The molecule has 1 unspecified atom stereocenters. The molecule has 0 aliphatic carbocycles. The van der Waals surface area contributed by atoms with Crippen molar-refractivity contribution in [3.8, 4) is 0 Å². The summed E-state index contributed by atoms with van der Waals surface area (Å²) in [4.78, 5) is 0. The van der Waals surface area contributed by atoms with Crippen molar-refractivity contribution in [2.75, 3.05) is 0 Å². The molecular weight excluding hydrogens is 132 g/mol. The van der Waals surface area contributed by atoms with Crippen molar-refractivity contribution in [1.29, 1.82) is 0 Å². The van der Waals surface area contributed by atoms with Crippen LogP contribution in [0.25, 0.3) is 0 Å². The fourth-order valence-corrected chi connectivity index (χ4v) is 1.05. The molecule has 3 heteroatoms. The fourth-order valence-electron chi connectivity index (χ4n) is 1.05. The van der Waals surface area contributed by atoms with Gasteiger partial charge in [0.25, 0.3) is 0 Å². The number of aliphatic hydroxyl groups is 2. The van der Waals surface area contributed by atoms with Gasteiger partial charge in [-0.3, -0.25) is 0 Å². The summed E-state index contributed by atoms with van der Waals surface area (Å²) >= 11 is 0. The highest BCUT2D eigenvalue weighted by Crippen LogP contribution is 2.20. The average molecular weight is 144 g/mol. The minimum Gasteiger partial charge on any atom is -0.493 e. The quantitative estimate of drug-likeness (QED) is 0.504. The Morgan fingerprint density at radius 3 is 2.70 bits per heavy atom. The number of aliphatic hydroxyl groups excluding tert-OH is 2. The Hall–Kier alpha value is -0.540. The molecule has 3 atom stereocenters. The third-order valence-corrected chi connectivity index (χ3v) is 1.66. The van der Waals surface area contributed by atoms with Gasteiger partial charge in [-0.05, 0) is 6.92 Å². The van der Waals surface area contributed by atoms with Gasteiger partial charge in [-0.25, -0.2) is 0 Å². The van der Waals surface area contributed by atoms with Gasteiger partial charge in [-0.15, -0.1) is 0 Å². The molecule has 1 rings (SSSR count). The Bertz CT molecular complexity index is 130. The number of hydrogen-bond acceptors (Lipinski definition) is 3. The van der Waals surface area contributed by atoms with Crippen LogP contribution in [0.3, 0.4) is 0 Å². The molecule has 10 heavy (non-hydrogen) atoms. The molecule has 0 amide bonds. The molecule has 3 nitrogen and oxygen atoms in total. The SMILES string of the molecule is C=C1CC(O)[C@@H](O)[C@H](C)O1. The lowest BCUT2D eigenvalue weighted by Gasteiger charge is -2.31. The van der Waals surface area contributed by atoms with Crippen LogP contribution in [0.15, 0.2) is 12.3 Å². The second-order valence-corrected chi connectivity index (χ2v) is 2.62. The summed E-state index contributed by atoms with van der Waals surface area (Å²) < 4.78 is 5.06. The van der Waals surface area contributed by atoms with E-state index < -0.39 is 12.2 Å². The first kappa shape index (κ1) is 7.57.